The fourth-order valence-corrected chi connectivity index (χ4v) is 1.77. The number of hydrogen-bond donors (Lipinski definition) is 1. The van der Waals surface area contributed by atoms with Crippen LogP contribution in [0.1, 0.15) is 16.8 Å². The van der Waals surface area contributed by atoms with Crippen LogP contribution >= 0.6 is 0 Å². The first kappa shape index (κ1) is 16.3. The van der Waals surface area contributed by atoms with Crippen LogP contribution in [0.4, 0.5) is 0 Å². The van der Waals surface area contributed by atoms with Gasteiger partial charge in [0, 0.05) is 18.7 Å². The molecule has 0 bridgehead atoms. The predicted octanol–water partition coefficient (Wildman–Crippen LogP) is 0.952. The highest BCUT2D eigenvalue weighted by Crippen LogP contribution is 2.07. The van der Waals surface area contributed by atoms with Crippen LogP contribution in [0.3, 0.4) is 0 Å². The Hall–Kier alpha value is -1.72. The van der Waals surface area contributed by atoms with Crippen LogP contribution in [0.15, 0.2) is 30.3 Å². The minimum absolute atomic E-state index is 0.0393. The number of nitrogens with one attached hydrogen (secondary N) is 1. The van der Waals surface area contributed by atoms with Gasteiger partial charge in [-0.2, -0.15) is 0 Å². The number of ether oxygens (including phenoxy) is 1. The number of benzene rings is 1. The van der Waals surface area contributed by atoms with E-state index < -0.39 is 12.0 Å². The fourth-order valence-electron chi connectivity index (χ4n) is 1.77. The van der Waals surface area contributed by atoms with E-state index in [9.17, 15) is 9.59 Å². The Balaban J connectivity index is 2.70. The molecule has 1 unspecified atom stereocenters. The number of methoxy groups -OCH3 is 1. The molecule has 0 aliphatic heterocycles. The van der Waals surface area contributed by atoms with Crippen LogP contribution in [0.2, 0.25) is 0 Å². The number of carbonyl (C=O) groups is 2. The first-order chi connectivity index (χ1) is 9.54. The zero-order valence-corrected chi connectivity index (χ0v) is 12.3. The molecule has 1 N–H and O–H groups in total. The highest BCUT2D eigenvalue weighted by atomic mass is 16.5. The summed E-state index contributed by atoms with van der Waals surface area (Å²) in [5, 5.41) is 3.12. The number of nitrogens with zero attached hydrogens (tertiary/aromatic N) is 1. The van der Waals surface area contributed by atoms with Gasteiger partial charge in [0.15, 0.2) is 5.78 Å². The Kier molecular flexibility index (Phi) is 6.90. The second-order valence-electron chi connectivity index (χ2n) is 4.82. The molecule has 0 fully saturated rings. The van der Waals surface area contributed by atoms with Gasteiger partial charge in [-0.3, -0.25) is 9.59 Å². The van der Waals surface area contributed by atoms with E-state index >= 15 is 0 Å². The summed E-state index contributed by atoms with van der Waals surface area (Å²) in [7, 11) is 5.23. The molecule has 0 spiro atoms. The zero-order valence-electron chi connectivity index (χ0n) is 12.3. The maximum atomic E-state index is 12.4. The summed E-state index contributed by atoms with van der Waals surface area (Å²) in [5.74, 6) is -0.480. The molecule has 5 nitrogen and oxygen atoms in total. The van der Waals surface area contributed by atoms with Crippen molar-refractivity contribution in [1.29, 1.82) is 0 Å². The fraction of sp³-hybridized carbons (Fsp3) is 0.467. The van der Waals surface area contributed by atoms with Crippen molar-refractivity contribution in [1.82, 2.24) is 10.2 Å². The van der Waals surface area contributed by atoms with Crippen LogP contribution in [0.5, 0.6) is 0 Å². The molecule has 1 aromatic rings. The molecule has 0 aliphatic rings. The largest absolute Gasteiger partial charge is 0.469 e. The van der Waals surface area contributed by atoms with Gasteiger partial charge in [-0.15, -0.1) is 0 Å². The highest BCUT2D eigenvalue weighted by Gasteiger charge is 2.22. The Bertz CT molecular complexity index is 432. The lowest BCUT2D eigenvalue weighted by molar-refractivity contribution is -0.140. The maximum Gasteiger partial charge on any atom is 0.307 e. The number of likely N-dealkylation sites (N-methyl/N-ethyl adjacent to an activating group) is 1. The Morgan fingerprint density at radius 1 is 1.25 bits per heavy atom. The van der Waals surface area contributed by atoms with E-state index in [0.717, 1.165) is 6.54 Å². The molecular weight excluding hydrogens is 256 g/mol. The van der Waals surface area contributed by atoms with Crippen molar-refractivity contribution in [3.63, 3.8) is 0 Å². The van der Waals surface area contributed by atoms with E-state index in [1.165, 1.54) is 7.11 Å². The van der Waals surface area contributed by atoms with E-state index in [0.29, 0.717) is 12.1 Å². The van der Waals surface area contributed by atoms with E-state index in [4.69, 9.17) is 0 Å². The number of hydrogen-bond acceptors (Lipinski definition) is 5. The molecular formula is C15H22N2O3. The minimum atomic E-state index is -0.551. The van der Waals surface area contributed by atoms with Gasteiger partial charge in [-0.1, -0.05) is 30.3 Å². The van der Waals surface area contributed by atoms with Gasteiger partial charge >= 0.3 is 5.97 Å². The lowest BCUT2D eigenvalue weighted by Gasteiger charge is -2.18. The molecule has 0 aliphatic carbocycles. The SMILES string of the molecule is COC(=O)CC(NCCN(C)C)C(=O)c1ccccc1. The first-order valence-corrected chi connectivity index (χ1v) is 6.58. The molecule has 1 aromatic carbocycles. The normalized spacial score (nSPS) is 12.2. The van der Waals surface area contributed by atoms with Crippen molar-refractivity contribution in [3.8, 4) is 0 Å². The van der Waals surface area contributed by atoms with Crippen LogP contribution in [-0.2, 0) is 9.53 Å². The molecule has 0 aromatic heterocycles. The van der Waals surface area contributed by atoms with Crippen molar-refractivity contribution in [2.24, 2.45) is 0 Å². The number of rotatable bonds is 8. The van der Waals surface area contributed by atoms with E-state index in [1.807, 2.05) is 37.2 Å². The van der Waals surface area contributed by atoms with E-state index in [-0.39, 0.29) is 12.2 Å². The summed E-state index contributed by atoms with van der Waals surface area (Å²) < 4.78 is 4.65. The summed E-state index contributed by atoms with van der Waals surface area (Å²) in [6, 6.07) is 8.42. The van der Waals surface area contributed by atoms with Crippen molar-refractivity contribution in [3.05, 3.63) is 35.9 Å². The maximum absolute atomic E-state index is 12.4. The topological polar surface area (TPSA) is 58.6 Å². The summed E-state index contributed by atoms with van der Waals surface area (Å²) in [5.41, 5.74) is 0.596. The standard InChI is InChI=1S/C15H22N2O3/c1-17(2)10-9-16-13(11-14(18)20-3)15(19)12-7-5-4-6-8-12/h4-8,13,16H,9-11H2,1-3H3. The third-order valence-corrected chi connectivity index (χ3v) is 2.92. The molecule has 0 saturated carbocycles. The lowest BCUT2D eigenvalue weighted by Crippen LogP contribution is -2.41. The zero-order chi connectivity index (χ0) is 15.0. The molecule has 0 heterocycles. The van der Waals surface area contributed by atoms with Gasteiger partial charge in [-0.25, -0.2) is 0 Å². The lowest BCUT2D eigenvalue weighted by atomic mass is 10.0. The second kappa shape index (κ2) is 8.45. The average Bonchev–Trinajstić information content (AvgIpc) is 2.45. The number of ketones is 1. The molecule has 0 saturated heterocycles. The highest BCUT2D eigenvalue weighted by molar-refractivity contribution is 6.01. The monoisotopic (exact) mass is 278 g/mol. The van der Waals surface area contributed by atoms with Crippen molar-refractivity contribution < 1.29 is 14.3 Å². The second-order valence-corrected chi connectivity index (χ2v) is 4.82. The average molecular weight is 278 g/mol. The quantitative estimate of drug-likeness (QED) is 0.567. The van der Waals surface area contributed by atoms with Crippen LogP contribution in [0.25, 0.3) is 0 Å². The van der Waals surface area contributed by atoms with Crippen LogP contribution in [0, 0.1) is 0 Å². The van der Waals surface area contributed by atoms with Crippen LogP contribution < -0.4 is 5.32 Å². The third-order valence-electron chi connectivity index (χ3n) is 2.92. The summed E-state index contributed by atoms with van der Waals surface area (Å²) in [6.45, 7) is 1.42. The number of Topliss-reactive ketones (excluding diaryl/α,β-unsaturated/α-hetero) is 1. The molecule has 5 heteroatoms. The Morgan fingerprint density at radius 2 is 1.90 bits per heavy atom. The van der Waals surface area contributed by atoms with Gasteiger partial charge in [0.25, 0.3) is 0 Å². The smallest absolute Gasteiger partial charge is 0.307 e. The molecule has 110 valence electrons. The molecule has 20 heavy (non-hydrogen) atoms. The van der Waals surface area contributed by atoms with Gasteiger partial charge in [-0.05, 0) is 14.1 Å². The van der Waals surface area contributed by atoms with E-state index in [2.05, 4.69) is 10.1 Å². The predicted molar refractivity (Wildman–Crippen MR) is 77.8 cm³/mol. The molecule has 0 radical (unpaired) electrons. The molecule has 0 amide bonds. The van der Waals surface area contributed by atoms with Gasteiger partial charge in [0.05, 0.1) is 19.6 Å². The van der Waals surface area contributed by atoms with Crippen LogP contribution in [-0.4, -0.2) is 57.0 Å². The molecule has 1 atom stereocenters. The first-order valence-electron chi connectivity index (χ1n) is 6.58. The van der Waals surface area contributed by atoms with Gasteiger partial charge in [0.1, 0.15) is 0 Å². The van der Waals surface area contributed by atoms with Crippen molar-refractivity contribution in [2.75, 3.05) is 34.3 Å². The van der Waals surface area contributed by atoms with Crippen molar-refractivity contribution in [2.45, 2.75) is 12.5 Å². The van der Waals surface area contributed by atoms with Gasteiger partial charge in [0.2, 0.25) is 0 Å². The Morgan fingerprint density at radius 3 is 2.45 bits per heavy atom. The summed E-state index contributed by atoms with van der Waals surface area (Å²) >= 11 is 0. The third kappa shape index (κ3) is 5.50. The Labute approximate surface area is 119 Å². The summed E-state index contributed by atoms with van der Waals surface area (Å²) in [6.07, 6.45) is 0.0393. The molecule has 1 rings (SSSR count). The number of esters is 1. The number of carbonyl (C=O) groups excluding carboxylic acids is 2. The summed E-state index contributed by atoms with van der Waals surface area (Å²) in [4.78, 5) is 25.8. The van der Waals surface area contributed by atoms with Crippen molar-refractivity contribution >= 4 is 11.8 Å². The minimum Gasteiger partial charge on any atom is -0.469 e. The van der Waals surface area contributed by atoms with Gasteiger partial charge < -0.3 is 15.0 Å². The van der Waals surface area contributed by atoms with E-state index in [1.54, 1.807) is 12.1 Å².